The average Bonchev–Trinajstić information content (AvgIpc) is 2.77. The second-order valence-electron chi connectivity index (χ2n) is 6.21. The Hall–Kier alpha value is -0.570. The standard InChI is InChI=1S/C14H26N2O/c1-10(2)12-5-7-16(9-12)14(17)13-8-11(3)4-6-15-13/h10-13,15H,4-9H2,1-3H3. The zero-order valence-corrected chi connectivity index (χ0v) is 11.4. The number of piperidine rings is 1. The molecule has 17 heavy (non-hydrogen) atoms. The van der Waals surface area contributed by atoms with Crippen molar-refractivity contribution < 1.29 is 4.79 Å². The van der Waals surface area contributed by atoms with E-state index in [1.165, 1.54) is 12.8 Å². The Bertz CT molecular complexity index is 277. The summed E-state index contributed by atoms with van der Waals surface area (Å²) in [6.07, 6.45) is 3.41. The molecule has 3 atom stereocenters. The molecule has 98 valence electrons. The van der Waals surface area contributed by atoms with Crippen molar-refractivity contribution >= 4 is 5.91 Å². The molecule has 2 fully saturated rings. The molecule has 0 aliphatic carbocycles. The minimum absolute atomic E-state index is 0.0877. The Morgan fingerprint density at radius 2 is 2.12 bits per heavy atom. The quantitative estimate of drug-likeness (QED) is 0.796. The smallest absolute Gasteiger partial charge is 0.239 e. The Morgan fingerprint density at radius 1 is 1.35 bits per heavy atom. The molecule has 2 heterocycles. The highest BCUT2D eigenvalue weighted by molar-refractivity contribution is 5.82. The minimum Gasteiger partial charge on any atom is -0.341 e. The topological polar surface area (TPSA) is 32.3 Å². The van der Waals surface area contributed by atoms with Crippen molar-refractivity contribution in [3.63, 3.8) is 0 Å². The molecule has 2 aliphatic rings. The van der Waals surface area contributed by atoms with E-state index in [4.69, 9.17) is 0 Å². The summed E-state index contributed by atoms with van der Waals surface area (Å²) in [6, 6.07) is 0.0877. The first-order chi connectivity index (χ1) is 8.08. The highest BCUT2D eigenvalue weighted by Gasteiger charge is 2.33. The fraction of sp³-hybridized carbons (Fsp3) is 0.929. The largest absolute Gasteiger partial charge is 0.341 e. The van der Waals surface area contributed by atoms with Gasteiger partial charge in [-0.3, -0.25) is 4.79 Å². The third kappa shape index (κ3) is 3.01. The van der Waals surface area contributed by atoms with Gasteiger partial charge in [-0.1, -0.05) is 20.8 Å². The van der Waals surface area contributed by atoms with Gasteiger partial charge in [0.15, 0.2) is 0 Å². The highest BCUT2D eigenvalue weighted by Crippen LogP contribution is 2.25. The van der Waals surface area contributed by atoms with E-state index in [-0.39, 0.29) is 6.04 Å². The summed E-state index contributed by atoms with van der Waals surface area (Å²) in [5, 5.41) is 3.38. The molecule has 0 aromatic rings. The minimum atomic E-state index is 0.0877. The molecular weight excluding hydrogens is 212 g/mol. The SMILES string of the molecule is CC1CCNC(C(=O)N2CCC(C(C)C)C2)C1. The number of amides is 1. The Balaban J connectivity index is 1.88. The molecule has 2 saturated heterocycles. The molecule has 0 saturated carbocycles. The maximum Gasteiger partial charge on any atom is 0.239 e. The van der Waals surface area contributed by atoms with Crippen LogP contribution in [0.5, 0.6) is 0 Å². The van der Waals surface area contributed by atoms with Gasteiger partial charge in [0, 0.05) is 13.1 Å². The van der Waals surface area contributed by atoms with Crippen LogP contribution in [0, 0.1) is 17.8 Å². The number of carbonyl (C=O) groups excluding carboxylic acids is 1. The molecule has 0 spiro atoms. The number of hydrogen-bond acceptors (Lipinski definition) is 2. The molecule has 0 radical (unpaired) electrons. The Morgan fingerprint density at radius 3 is 2.71 bits per heavy atom. The molecular formula is C14H26N2O. The van der Waals surface area contributed by atoms with Crippen molar-refractivity contribution in [2.75, 3.05) is 19.6 Å². The van der Waals surface area contributed by atoms with Crippen LogP contribution in [-0.4, -0.2) is 36.5 Å². The van der Waals surface area contributed by atoms with E-state index in [1.54, 1.807) is 0 Å². The monoisotopic (exact) mass is 238 g/mol. The van der Waals surface area contributed by atoms with Gasteiger partial charge in [0.2, 0.25) is 5.91 Å². The van der Waals surface area contributed by atoms with Gasteiger partial charge in [-0.05, 0) is 43.6 Å². The fourth-order valence-electron chi connectivity index (χ4n) is 3.05. The van der Waals surface area contributed by atoms with Crippen LogP contribution in [0.4, 0.5) is 0 Å². The van der Waals surface area contributed by atoms with Crippen LogP contribution < -0.4 is 5.32 Å². The van der Waals surface area contributed by atoms with Crippen molar-refractivity contribution in [3.8, 4) is 0 Å². The van der Waals surface area contributed by atoms with Crippen LogP contribution in [0.15, 0.2) is 0 Å². The summed E-state index contributed by atoms with van der Waals surface area (Å²) in [5.74, 6) is 2.44. The van der Waals surface area contributed by atoms with Crippen LogP contribution in [0.1, 0.15) is 40.0 Å². The summed E-state index contributed by atoms with van der Waals surface area (Å²) in [7, 11) is 0. The molecule has 3 heteroatoms. The molecule has 1 amide bonds. The summed E-state index contributed by atoms with van der Waals surface area (Å²) in [5.41, 5.74) is 0. The summed E-state index contributed by atoms with van der Waals surface area (Å²) in [6.45, 7) is 9.72. The lowest BCUT2D eigenvalue weighted by molar-refractivity contribution is -0.133. The molecule has 0 bridgehead atoms. The summed E-state index contributed by atoms with van der Waals surface area (Å²) in [4.78, 5) is 14.5. The van der Waals surface area contributed by atoms with E-state index in [2.05, 4.69) is 31.0 Å². The van der Waals surface area contributed by atoms with E-state index >= 15 is 0 Å². The van der Waals surface area contributed by atoms with Crippen molar-refractivity contribution in [1.82, 2.24) is 10.2 Å². The van der Waals surface area contributed by atoms with Gasteiger partial charge in [-0.15, -0.1) is 0 Å². The van der Waals surface area contributed by atoms with E-state index in [0.29, 0.717) is 23.7 Å². The van der Waals surface area contributed by atoms with E-state index in [9.17, 15) is 4.79 Å². The lowest BCUT2D eigenvalue weighted by Gasteiger charge is -2.30. The normalized spacial score (nSPS) is 34.4. The van der Waals surface area contributed by atoms with Gasteiger partial charge in [0.05, 0.1) is 6.04 Å². The number of rotatable bonds is 2. The third-order valence-electron chi connectivity index (χ3n) is 4.44. The predicted octanol–water partition coefficient (Wildman–Crippen LogP) is 1.88. The van der Waals surface area contributed by atoms with Crippen molar-refractivity contribution in [2.45, 2.75) is 46.1 Å². The van der Waals surface area contributed by atoms with E-state index < -0.39 is 0 Å². The number of nitrogens with zero attached hydrogens (tertiary/aromatic N) is 1. The summed E-state index contributed by atoms with van der Waals surface area (Å²) < 4.78 is 0. The predicted molar refractivity (Wildman–Crippen MR) is 69.7 cm³/mol. The van der Waals surface area contributed by atoms with Crippen LogP contribution >= 0.6 is 0 Å². The van der Waals surface area contributed by atoms with Crippen LogP contribution in [0.25, 0.3) is 0 Å². The van der Waals surface area contributed by atoms with Gasteiger partial charge in [0.25, 0.3) is 0 Å². The van der Waals surface area contributed by atoms with E-state index in [0.717, 1.165) is 26.1 Å². The first-order valence-electron chi connectivity index (χ1n) is 7.10. The zero-order chi connectivity index (χ0) is 12.4. The van der Waals surface area contributed by atoms with Crippen LogP contribution in [0.2, 0.25) is 0 Å². The maximum absolute atomic E-state index is 12.4. The molecule has 2 aliphatic heterocycles. The van der Waals surface area contributed by atoms with Crippen molar-refractivity contribution in [1.29, 1.82) is 0 Å². The second kappa shape index (κ2) is 5.38. The Kier molecular flexibility index (Phi) is 4.08. The van der Waals surface area contributed by atoms with Gasteiger partial charge >= 0.3 is 0 Å². The van der Waals surface area contributed by atoms with Crippen molar-refractivity contribution in [2.24, 2.45) is 17.8 Å². The van der Waals surface area contributed by atoms with E-state index in [1.807, 2.05) is 0 Å². The Labute approximate surface area is 105 Å². The van der Waals surface area contributed by atoms with Crippen LogP contribution in [-0.2, 0) is 4.79 Å². The zero-order valence-electron chi connectivity index (χ0n) is 11.4. The molecule has 3 nitrogen and oxygen atoms in total. The van der Waals surface area contributed by atoms with Gasteiger partial charge < -0.3 is 10.2 Å². The maximum atomic E-state index is 12.4. The highest BCUT2D eigenvalue weighted by atomic mass is 16.2. The molecule has 0 aromatic heterocycles. The third-order valence-corrected chi connectivity index (χ3v) is 4.44. The first kappa shape index (κ1) is 12.9. The van der Waals surface area contributed by atoms with Gasteiger partial charge in [-0.25, -0.2) is 0 Å². The lowest BCUT2D eigenvalue weighted by Crippen LogP contribution is -2.49. The number of likely N-dealkylation sites (tertiary alicyclic amines) is 1. The number of carbonyl (C=O) groups is 1. The molecule has 3 unspecified atom stereocenters. The van der Waals surface area contributed by atoms with Gasteiger partial charge in [0.1, 0.15) is 0 Å². The number of hydrogen-bond donors (Lipinski definition) is 1. The fourth-order valence-corrected chi connectivity index (χ4v) is 3.05. The lowest BCUT2D eigenvalue weighted by atomic mass is 9.93. The van der Waals surface area contributed by atoms with Crippen molar-refractivity contribution in [3.05, 3.63) is 0 Å². The average molecular weight is 238 g/mol. The van der Waals surface area contributed by atoms with Crippen LogP contribution in [0.3, 0.4) is 0 Å². The number of nitrogens with one attached hydrogen (secondary N) is 1. The molecule has 1 N–H and O–H groups in total. The molecule has 2 rings (SSSR count). The summed E-state index contributed by atoms with van der Waals surface area (Å²) >= 11 is 0. The first-order valence-corrected chi connectivity index (χ1v) is 7.10. The van der Waals surface area contributed by atoms with Gasteiger partial charge in [-0.2, -0.15) is 0 Å². The molecule has 0 aromatic carbocycles. The second-order valence-corrected chi connectivity index (χ2v) is 6.21.